The second kappa shape index (κ2) is 5.49. The highest BCUT2D eigenvalue weighted by Crippen LogP contribution is 2.40. The van der Waals surface area contributed by atoms with E-state index in [-0.39, 0.29) is 0 Å². The summed E-state index contributed by atoms with van der Waals surface area (Å²) in [4.78, 5) is 4.12. The average molecular weight is 301 g/mol. The summed E-state index contributed by atoms with van der Waals surface area (Å²) in [5.74, 6) is 0.737. The number of hydrogen-bond acceptors (Lipinski definition) is 2. The number of halogens is 2. The maximum absolute atomic E-state index is 6.20. The van der Waals surface area contributed by atoms with E-state index in [1.807, 2.05) is 13.0 Å². The topological polar surface area (TPSA) is 24.9 Å². The van der Waals surface area contributed by atoms with Crippen molar-refractivity contribution in [1.82, 2.24) is 4.98 Å². The van der Waals surface area contributed by atoms with Gasteiger partial charge < -0.3 is 5.32 Å². The van der Waals surface area contributed by atoms with Crippen LogP contribution in [0.1, 0.15) is 45.6 Å². The lowest BCUT2D eigenvalue weighted by Gasteiger charge is -2.39. The molecule has 2 atom stereocenters. The van der Waals surface area contributed by atoms with Gasteiger partial charge in [0.05, 0.1) is 5.69 Å². The van der Waals surface area contributed by atoms with E-state index in [2.05, 4.69) is 31.1 Å². The Balaban J connectivity index is 2.17. The zero-order valence-corrected chi connectivity index (χ0v) is 13.6. The fourth-order valence-electron chi connectivity index (χ4n) is 3.43. The number of pyridine rings is 1. The van der Waals surface area contributed by atoms with E-state index in [0.717, 1.165) is 23.6 Å². The van der Waals surface area contributed by atoms with Gasteiger partial charge in [0.15, 0.2) is 5.15 Å². The van der Waals surface area contributed by atoms with Gasteiger partial charge in [0.25, 0.3) is 0 Å². The van der Waals surface area contributed by atoms with Gasteiger partial charge >= 0.3 is 0 Å². The second-order valence-corrected chi connectivity index (χ2v) is 7.43. The van der Waals surface area contributed by atoms with Crippen molar-refractivity contribution in [2.75, 3.05) is 5.32 Å². The normalized spacial score (nSPS) is 26.2. The minimum absolute atomic E-state index is 0.384. The SMILES string of the molecule is Cc1cc(Cl)nc(Cl)c1NC1CC(C)CC(C)(C)C1. The molecule has 1 heterocycles. The number of nitrogens with zero attached hydrogens (tertiary/aromatic N) is 1. The first-order chi connectivity index (χ1) is 8.77. The molecule has 0 amide bonds. The van der Waals surface area contributed by atoms with E-state index in [4.69, 9.17) is 23.2 Å². The molecule has 0 aliphatic heterocycles. The lowest BCUT2D eigenvalue weighted by molar-refractivity contribution is 0.178. The number of hydrogen-bond donors (Lipinski definition) is 1. The molecule has 0 spiro atoms. The fourth-order valence-corrected chi connectivity index (χ4v) is 4.02. The maximum Gasteiger partial charge on any atom is 0.154 e. The Labute approximate surface area is 125 Å². The first kappa shape index (κ1) is 14.9. The Bertz CT molecular complexity index is 448. The van der Waals surface area contributed by atoms with Crippen molar-refractivity contribution in [2.24, 2.45) is 11.3 Å². The molecular formula is C15H22Cl2N2. The Kier molecular flexibility index (Phi) is 4.32. The largest absolute Gasteiger partial charge is 0.380 e. The standard InChI is InChI=1S/C15H22Cl2N2/c1-9-5-11(8-15(3,4)7-9)18-13-10(2)6-12(16)19-14(13)17/h6,9,11,18H,5,7-8H2,1-4H3. The lowest BCUT2D eigenvalue weighted by atomic mass is 9.70. The molecule has 0 saturated heterocycles. The summed E-state index contributed by atoms with van der Waals surface area (Å²) in [7, 11) is 0. The van der Waals surface area contributed by atoms with E-state index in [0.29, 0.717) is 21.8 Å². The third-order valence-corrected chi connectivity index (χ3v) is 4.34. The molecule has 2 unspecified atom stereocenters. The summed E-state index contributed by atoms with van der Waals surface area (Å²) < 4.78 is 0. The van der Waals surface area contributed by atoms with Crippen LogP contribution in [-0.2, 0) is 0 Å². The second-order valence-electron chi connectivity index (χ2n) is 6.68. The molecule has 1 aliphatic carbocycles. The quantitative estimate of drug-likeness (QED) is 0.747. The summed E-state index contributed by atoms with van der Waals surface area (Å²) in [6.07, 6.45) is 3.63. The minimum atomic E-state index is 0.384. The molecule has 4 heteroatoms. The van der Waals surface area contributed by atoms with Gasteiger partial charge in [0.1, 0.15) is 5.15 Å². The third kappa shape index (κ3) is 3.76. The Hall–Kier alpha value is -0.470. The fraction of sp³-hybridized carbons (Fsp3) is 0.667. The van der Waals surface area contributed by atoms with Gasteiger partial charge in [-0.3, -0.25) is 0 Å². The van der Waals surface area contributed by atoms with Crippen molar-refractivity contribution < 1.29 is 0 Å². The van der Waals surface area contributed by atoms with E-state index in [1.165, 1.54) is 12.8 Å². The predicted octanol–water partition coefficient (Wildman–Crippen LogP) is 5.32. The van der Waals surface area contributed by atoms with Gasteiger partial charge in [-0.1, -0.05) is 44.0 Å². The summed E-state index contributed by atoms with van der Waals surface area (Å²) in [6.45, 7) is 9.02. The van der Waals surface area contributed by atoms with Crippen molar-refractivity contribution >= 4 is 28.9 Å². The average Bonchev–Trinajstić information content (AvgIpc) is 2.20. The van der Waals surface area contributed by atoms with Crippen molar-refractivity contribution in [3.05, 3.63) is 21.9 Å². The van der Waals surface area contributed by atoms with Crippen molar-refractivity contribution in [1.29, 1.82) is 0 Å². The van der Waals surface area contributed by atoms with Crippen LogP contribution in [-0.4, -0.2) is 11.0 Å². The molecule has 0 bridgehead atoms. The van der Waals surface area contributed by atoms with E-state index < -0.39 is 0 Å². The number of nitrogens with one attached hydrogen (secondary N) is 1. The van der Waals surface area contributed by atoms with Crippen LogP contribution in [0.5, 0.6) is 0 Å². The summed E-state index contributed by atoms with van der Waals surface area (Å²) in [5, 5.41) is 4.50. The molecule has 2 nitrogen and oxygen atoms in total. The smallest absolute Gasteiger partial charge is 0.154 e. The highest BCUT2D eigenvalue weighted by atomic mass is 35.5. The highest BCUT2D eigenvalue weighted by Gasteiger charge is 2.32. The van der Waals surface area contributed by atoms with Gasteiger partial charge in [0.2, 0.25) is 0 Å². The third-order valence-electron chi connectivity index (χ3n) is 3.88. The first-order valence-corrected chi connectivity index (χ1v) is 7.61. The Morgan fingerprint density at radius 2 is 2.00 bits per heavy atom. The number of rotatable bonds is 2. The van der Waals surface area contributed by atoms with Crippen LogP contribution in [0.15, 0.2) is 6.07 Å². The van der Waals surface area contributed by atoms with Crippen LogP contribution in [0.3, 0.4) is 0 Å². The van der Waals surface area contributed by atoms with Crippen LogP contribution < -0.4 is 5.32 Å². The van der Waals surface area contributed by atoms with Gasteiger partial charge in [0, 0.05) is 6.04 Å². The number of anilines is 1. The molecule has 0 radical (unpaired) electrons. The van der Waals surface area contributed by atoms with E-state index in [9.17, 15) is 0 Å². The van der Waals surface area contributed by atoms with E-state index >= 15 is 0 Å². The Morgan fingerprint density at radius 1 is 1.32 bits per heavy atom. The van der Waals surface area contributed by atoms with Crippen LogP contribution in [0.25, 0.3) is 0 Å². The lowest BCUT2D eigenvalue weighted by Crippen LogP contribution is -2.35. The van der Waals surface area contributed by atoms with Crippen LogP contribution in [0, 0.1) is 18.3 Å². The molecule has 19 heavy (non-hydrogen) atoms. The van der Waals surface area contributed by atoms with Gasteiger partial charge in [-0.05, 0) is 49.1 Å². The first-order valence-electron chi connectivity index (χ1n) is 6.86. The monoisotopic (exact) mass is 300 g/mol. The van der Waals surface area contributed by atoms with Crippen LogP contribution in [0.2, 0.25) is 10.3 Å². The van der Waals surface area contributed by atoms with Crippen molar-refractivity contribution in [2.45, 2.75) is 53.0 Å². The van der Waals surface area contributed by atoms with Crippen molar-refractivity contribution in [3.8, 4) is 0 Å². The molecule has 1 N–H and O–H groups in total. The van der Waals surface area contributed by atoms with Gasteiger partial charge in [-0.2, -0.15) is 0 Å². The molecule has 1 fully saturated rings. The molecule has 1 aromatic rings. The Morgan fingerprint density at radius 3 is 2.58 bits per heavy atom. The summed E-state index contributed by atoms with van der Waals surface area (Å²) in [6, 6.07) is 2.31. The minimum Gasteiger partial charge on any atom is -0.380 e. The molecule has 1 aliphatic rings. The number of aromatic nitrogens is 1. The zero-order valence-electron chi connectivity index (χ0n) is 12.1. The zero-order chi connectivity index (χ0) is 14.2. The molecular weight excluding hydrogens is 279 g/mol. The summed E-state index contributed by atoms with van der Waals surface area (Å²) >= 11 is 12.1. The van der Waals surface area contributed by atoms with Gasteiger partial charge in [-0.15, -0.1) is 0 Å². The predicted molar refractivity (Wildman–Crippen MR) is 83.2 cm³/mol. The molecule has 2 rings (SSSR count). The van der Waals surface area contributed by atoms with Crippen molar-refractivity contribution in [3.63, 3.8) is 0 Å². The number of aryl methyl sites for hydroxylation is 1. The molecule has 106 valence electrons. The summed E-state index contributed by atoms with van der Waals surface area (Å²) in [5.41, 5.74) is 2.37. The van der Waals surface area contributed by atoms with E-state index in [1.54, 1.807) is 0 Å². The molecule has 1 saturated carbocycles. The highest BCUT2D eigenvalue weighted by molar-refractivity contribution is 6.34. The van der Waals surface area contributed by atoms with Crippen LogP contribution >= 0.6 is 23.2 Å². The molecule has 0 aromatic carbocycles. The maximum atomic E-state index is 6.20. The molecule has 1 aromatic heterocycles. The van der Waals surface area contributed by atoms with Crippen LogP contribution in [0.4, 0.5) is 5.69 Å². The van der Waals surface area contributed by atoms with Gasteiger partial charge in [-0.25, -0.2) is 4.98 Å².